The van der Waals surface area contributed by atoms with E-state index in [1.165, 1.54) is 11.3 Å². The zero-order valence-corrected chi connectivity index (χ0v) is 12.2. The van der Waals surface area contributed by atoms with Gasteiger partial charge in [-0.15, -0.1) is 11.3 Å². The van der Waals surface area contributed by atoms with Crippen LogP contribution in [0.4, 0.5) is 0 Å². The lowest BCUT2D eigenvalue weighted by Crippen LogP contribution is -2.38. The summed E-state index contributed by atoms with van der Waals surface area (Å²) in [4.78, 5) is 23.2. The largest absolute Gasteiger partial charge is 0.481 e. The van der Waals surface area contributed by atoms with Gasteiger partial charge in [0.15, 0.2) is 0 Å². The summed E-state index contributed by atoms with van der Waals surface area (Å²) in [5.74, 6) is -1.17. The third kappa shape index (κ3) is 3.54. The van der Waals surface area contributed by atoms with Gasteiger partial charge in [-0.05, 0) is 48.3 Å². The molecule has 0 aliphatic carbocycles. The Morgan fingerprint density at radius 3 is 2.53 bits per heavy atom. The van der Waals surface area contributed by atoms with Crippen molar-refractivity contribution >= 4 is 39.1 Å². The van der Waals surface area contributed by atoms with E-state index in [4.69, 9.17) is 5.11 Å². The molecular weight excluding hydrogens is 306 g/mol. The first-order valence-electron chi connectivity index (χ1n) is 5.01. The van der Waals surface area contributed by atoms with Gasteiger partial charge in [-0.25, -0.2) is 0 Å². The van der Waals surface area contributed by atoms with Gasteiger partial charge < -0.3 is 10.4 Å². The Labute approximate surface area is 112 Å². The summed E-state index contributed by atoms with van der Waals surface area (Å²) in [5, 5.41) is 11.5. The molecule has 6 heteroatoms. The molecule has 0 aliphatic heterocycles. The maximum atomic E-state index is 11.8. The number of thiophene rings is 1. The van der Waals surface area contributed by atoms with Crippen molar-refractivity contribution in [2.45, 2.75) is 20.8 Å². The monoisotopic (exact) mass is 319 g/mol. The molecule has 0 spiro atoms. The Kier molecular flexibility index (Phi) is 4.32. The molecule has 2 N–H and O–H groups in total. The van der Waals surface area contributed by atoms with Crippen LogP contribution in [0.25, 0.3) is 0 Å². The Hall–Kier alpha value is -0.880. The first-order chi connectivity index (χ1) is 7.74. The molecular formula is C11H14BrNO3S. The third-order valence-electron chi connectivity index (χ3n) is 2.35. The van der Waals surface area contributed by atoms with E-state index in [0.29, 0.717) is 4.88 Å². The summed E-state index contributed by atoms with van der Waals surface area (Å²) in [6.07, 6.45) is 0. The molecule has 1 heterocycles. The number of carbonyl (C=O) groups excluding carboxylic acids is 1. The van der Waals surface area contributed by atoms with Crippen molar-refractivity contribution in [1.82, 2.24) is 5.32 Å². The fourth-order valence-electron chi connectivity index (χ4n) is 1.04. The van der Waals surface area contributed by atoms with Crippen molar-refractivity contribution in [2.24, 2.45) is 5.41 Å². The molecule has 1 rings (SSSR count). The fourth-order valence-corrected chi connectivity index (χ4v) is 2.49. The van der Waals surface area contributed by atoms with E-state index >= 15 is 0 Å². The van der Waals surface area contributed by atoms with Crippen molar-refractivity contribution < 1.29 is 14.7 Å². The molecule has 0 aliphatic rings. The van der Waals surface area contributed by atoms with E-state index in [0.717, 1.165) is 9.35 Å². The number of halogens is 1. The lowest BCUT2D eigenvalue weighted by atomic mass is 9.94. The Morgan fingerprint density at radius 1 is 1.53 bits per heavy atom. The number of carbonyl (C=O) groups is 2. The molecule has 0 fully saturated rings. The van der Waals surface area contributed by atoms with E-state index in [1.54, 1.807) is 19.9 Å². The topological polar surface area (TPSA) is 66.4 Å². The van der Waals surface area contributed by atoms with E-state index in [1.807, 2.05) is 6.92 Å². The van der Waals surface area contributed by atoms with Crippen LogP contribution in [0.15, 0.2) is 9.85 Å². The van der Waals surface area contributed by atoms with Gasteiger partial charge in [-0.3, -0.25) is 9.59 Å². The summed E-state index contributed by atoms with van der Waals surface area (Å²) < 4.78 is 0.917. The first-order valence-corrected chi connectivity index (χ1v) is 6.62. The summed E-state index contributed by atoms with van der Waals surface area (Å²) in [7, 11) is 0. The molecule has 0 atom stereocenters. The van der Waals surface area contributed by atoms with Crippen LogP contribution >= 0.6 is 27.3 Å². The van der Waals surface area contributed by atoms with Crippen LogP contribution in [0, 0.1) is 12.3 Å². The maximum absolute atomic E-state index is 11.8. The molecule has 0 bridgehead atoms. The third-order valence-corrected chi connectivity index (χ3v) is 4.49. The van der Waals surface area contributed by atoms with Gasteiger partial charge in [-0.1, -0.05) is 0 Å². The Bertz CT molecular complexity index is 434. The second-order valence-electron chi connectivity index (χ2n) is 4.44. The zero-order chi connectivity index (χ0) is 13.2. The number of carboxylic acids is 1. The van der Waals surface area contributed by atoms with Crippen molar-refractivity contribution in [3.63, 3.8) is 0 Å². The SMILES string of the molecule is Cc1cc(C(=O)NCC(C)(C)C(=O)O)sc1Br. The van der Waals surface area contributed by atoms with Crippen molar-refractivity contribution in [3.8, 4) is 0 Å². The molecule has 0 unspecified atom stereocenters. The number of hydrogen-bond acceptors (Lipinski definition) is 3. The lowest BCUT2D eigenvalue weighted by molar-refractivity contribution is -0.146. The van der Waals surface area contributed by atoms with Crippen LogP contribution in [0.1, 0.15) is 29.1 Å². The normalized spacial score (nSPS) is 11.3. The molecule has 4 nitrogen and oxygen atoms in total. The number of rotatable bonds is 4. The molecule has 1 aromatic heterocycles. The number of hydrogen-bond donors (Lipinski definition) is 2. The highest BCUT2D eigenvalue weighted by molar-refractivity contribution is 9.11. The smallest absolute Gasteiger partial charge is 0.310 e. The molecule has 17 heavy (non-hydrogen) atoms. The standard InChI is InChI=1S/C11H14BrNO3S/c1-6-4-7(17-8(6)12)9(14)13-5-11(2,3)10(15)16/h4H,5H2,1-3H3,(H,13,14)(H,15,16). The van der Waals surface area contributed by atoms with E-state index < -0.39 is 11.4 Å². The van der Waals surface area contributed by atoms with Crippen LogP contribution in [0.3, 0.4) is 0 Å². The minimum Gasteiger partial charge on any atom is -0.481 e. The second kappa shape index (κ2) is 5.18. The predicted molar refractivity (Wildman–Crippen MR) is 70.5 cm³/mol. The summed E-state index contributed by atoms with van der Waals surface area (Å²) >= 11 is 4.68. The molecule has 0 radical (unpaired) electrons. The second-order valence-corrected chi connectivity index (χ2v) is 6.81. The summed E-state index contributed by atoms with van der Waals surface area (Å²) in [5.41, 5.74) is 0.0387. The molecule has 0 aromatic carbocycles. The number of carboxylic acid groups (broad SMARTS) is 1. The van der Waals surface area contributed by atoms with Gasteiger partial charge in [0.1, 0.15) is 0 Å². The Morgan fingerprint density at radius 2 is 2.12 bits per heavy atom. The van der Waals surface area contributed by atoms with E-state index in [9.17, 15) is 9.59 Å². The van der Waals surface area contributed by atoms with Gasteiger partial charge in [0.05, 0.1) is 14.1 Å². The van der Waals surface area contributed by atoms with Gasteiger partial charge >= 0.3 is 5.97 Å². The van der Waals surface area contributed by atoms with Crippen molar-refractivity contribution in [2.75, 3.05) is 6.54 Å². The van der Waals surface area contributed by atoms with Crippen LogP contribution in [0.2, 0.25) is 0 Å². The highest BCUT2D eigenvalue weighted by Crippen LogP contribution is 2.27. The minimum atomic E-state index is -0.959. The highest BCUT2D eigenvalue weighted by Gasteiger charge is 2.27. The van der Waals surface area contributed by atoms with Gasteiger partial charge in [0, 0.05) is 6.54 Å². The van der Waals surface area contributed by atoms with Gasteiger partial charge in [0.2, 0.25) is 0 Å². The van der Waals surface area contributed by atoms with E-state index in [2.05, 4.69) is 21.2 Å². The molecule has 94 valence electrons. The average molecular weight is 320 g/mol. The van der Waals surface area contributed by atoms with Crippen molar-refractivity contribution in [1.29, 1.82) is 0 Å². The highest BCUT2D eigenvalue weighted by atomic mass is 79.9. The van der Waals surface area contributed by atoms with Crippen LogP contribution in [-0.4, -0.2) is 23.5 Å². The number of aliphatic carboxylic acids is 1. The number of amides is 1. The predicted octanol–water partition coefficient (Wildman–Crippen LogP) is 2.66. The molecule has 0 saturated heterocycles. The van der Waals surface area contributed by atoms with Gasteiger partial charge in [-0.2, -0.15) is 0 Å². The fraction of sp³-hybridized carbons (Fsp3) is 0.455. The van der Waals surface area contributed by atoms with Crippen molar-refractivity contribution in [3.05, 3.63) is 20.3 Å². The lowest BCUT2D eigenvalue weighted by Gasteiger charge is -2.19. The first kappa shape index (κ1) is 14.2. The zero-order valence-electron chi connectivity index (χ0n) is 9.83. The minimum absolute atomic E-state index is 0.107. The molecule has 0 saturated carbocycles. The van der Waals surface area contributed by atoms with E-state index in [-0.39, 0.29) is 12.5 Å². The average Bonchev–Trinajstić information content (AvgIpc) is 2.56. The number of nitrogens with one attached hydrogen (secondary N) is 1. The Balaban J connectivity index is 2.65. The summed E-state index contributed by atoms with van der Waals surface area (Å²) in [6, 6.07) is 1.78. The quantitative estimate of drug-likeness (QED) is 0.896. The van der Waals surface area contributed by atoms with Crippen LogP contribution < -0.4 is 5.32 Å². The van der Waals surface area contributed by atoms with Crippen LogP contribution in [0.5, 0.6) is 0 Å². The maximum Gasteiger partial charge on any atom is 0.310 e. The number of aryl methyl sites for hydroxylation is 1. The summed E-state index contributed by atoms with van der Waals surface area (Å²) in [6.45, 7) is 5.16. The molecule has 1 amide bonds. The van der Waals surface area contributed by atoms with Gasteiger partial charge in [0.25, 0.3) is 5.91 Å². The molecule has 1 aromatic rings. The van der Waals surface area contributed by atoms with Crippen LogP contribution in [-0.2, 0) is 4.79 Å².